The smallest absolute Gasteiger partial charge is 0.0588 e. The number of likely N-dealkylation sites (N-methyl/N-ethyl adjacent to an activating group) is 1. The second kappa shape index (κ2) is 6.27. The van der Waals surface area contributed by atoms with Gasteiger partial charge in [-0.1, -0.05) is 6.07 Å². The van der Waals surface area contributed by atoms with Crippen LogP contribution in [0.25, 0.3) is 0 Å². The highest BCUT2D eigenvalue weighted by Crippen LogP contribution is 2.17. The second-order valence-corrected chi connectivity index (χ2v) is 5.28. The molecule has 2 heterocycles. The fourth-order valence-corrected chi connectivity index (χ4v) is 2.55. The van der Waals surface area contributed by atoms with Gasteiger partial charge in [-0.2, -0.15) is 0 Å². The molecule has 0 amide bonds. The first kappa shape index (κ1) is 13.5. The molecule has 1 aromatic heterocycles. The van der Waals surface area contributed by atoms with Crippen molar-refractivity contribution in [1.82, 2.24) is 20.1 Å². The van der Waals surface area contributed by atoms with Gasteiger partial charge in [0.2, 0.25) is 0 Å². The molecule has 0 aromatic carbocycles. The minimum absolute atomic E-state index is 0.696. The van der Waals surface area contributed by atoms with Crippen molar-refractivity contribution in [2.45, 2.75) is 25.6 Å². The van der Waals surface area contributed by atoms with Gasteiger partial charge in [0.05, 0.1) is 5.69 Å². The summed E-state index contributed by atoms with van der Waals surface area (Å²) in [6.07, 6.45) is 3.16. The van der Waals surface area contributed by atoms with Crippen LogP contribution in [0.3, 0.4) is 0 Å². The van der Waals surface area contributed by atoms with Crippen LogP contribution in [0.4, 0.5) is 0 Å². The summed E-state index contributed by atoms with van der Waals surface area (Å²) in [6.45, 7) is 4.21. The molecule has 4 nitrogen and oxygen atoms in total. The Morgan fingerprint density at radius 2 is 2.33 bits per heavy atom. The maximum atomic E-state index is 4.54. The van der Waals surface area contributed by atoms with E-state index in [0.717, 1.165) is 19.6 Å². The van der Waals surface area contributed by atoms with E-state index >= 15 is 0 Å². The molecule has 4 heteroatoms. The molecule has 1 aliphatic heterocycles. The fraction of sp³-hybridized carbons (Fsp3) is 0.643. The molecule has 100 valence electrons. The molecular weight excluding hydrogens is 224 g/mol. The van der Waals surface area contributed by atoms with Gasteiger partial charge in [-0.25, -0.2) is 0 Å². The summed E-state index contributed by atoms with van der Waals surface area (Å²) in [6, 6.07) is 4.88. The van der Waals surface area contributed by atoms with Crippen molar-refractivity contribution < 1.29 is 0 Å². The predicted molar refractivity (Wildman–Crippen MR) is 74.4 cm³/mol. The lowest BCUT2D eigenvalue weighted by molar-refractivity contribution is 0.262. The Bertz CT molecular complexity index is 378. The number of hydrogen-bond acceptors (Lipinski definition) is 4. The lowest BCUT2D eigenvalue weighted by Gasteiger charge is -2.20. The highest BCUT2D eigenvalue weighted by molar-refractivity contribution is 5.19. The van der Waals surface area contributed by atoms with E-state index in [0.29, 0.717) is 6.04 Å². The zero-order chi connectivity index (χ0) is 13.0. The monoisotopic (exact) mass is 248 g/mol. The highest BCUT2D eigenvalue weighted by atomic mass is 15.2. The van der Waals surface area contributed by atoms with Gasteiger partial charge in [-0.15, -0.1) is 0 Å². The Balaban J connectivity index is 1.98. The van der Waals surface area contributed by atoms with Crippen molar-refractivity contribution in [3.05, 3.63) is 29.6 Å². The molecule has 1 N–H and O–H groups in total. The number of rotatable bonds is 5. The summed E-state index contributed by atoms with van der Waals surface area (Å²) in [4.78, 5) is 9.37. The average Bonchev–Trinajstić information content (AvgIpc) is 2.81. The van der Waals surface area contributed by atoms with E-state index in [1.54, 1.807) is 0 Å². The average molecular weight is 248 g/mol. The van der Waals surface area contributed by atoms with Crippen LogP contribution < -0.4 is 5.32 Å². The number of nitrogens with one attached hydrogen (secondary N) is 1. The van der Waals surface area contributed by atoms with Crippen LogP contribution in [-0.4, -0.2) is 55.1 Å². The van der Waals surface area contributed by atoms with Gasteiger partial charge < -0.3 is 10.2 Å². The zero-order valence-corrected chi connectivity index (χ0v) is 11.7. The van der Waals surface area contributed by atoms with Gasteiger partial charge in [0.25, 0.3) is 0 Å². The molecule has 1 fully saturated rings. The molecule has 1 unspecified atom stereocenters. The minimum Gasteiger partial charge on any atom is -0.316 e. The molecule has 2 rings (SSSR count). The van der Waals surface area contributed by atoms with Gasteiger partial charge in [-0.3, -0.25) is 9.88 Å². The van der Waals surface area contributed by atoms with E-state index in [2.05, 4.69) is 40.3 Å². The lowest BCUT2D eigenvalue weighted by atomic mass is 10.2. The first-order valence-electron chi connectivity index (χ1n) is 6.67. The number of hydrogen-bond donors (Lipinski definition) is 1. The second-order valence-electron chi connectivity index (χ2n) is 5.28. The van der Waals surface area contributed by atoms with Crippen molar-refractivity contribution >= 4 is 0 Å². The summed E-state index contributed by atoms with van der Waals surface area (Å²) < 4.78 is 0. The largest absolute Gasteiger partial charge is 0.316 e. The van der Waals surface area contributed by atoms with Crippen LogP contribution >= 0.6 is 0 Å². The van der Waals surface area contributed by atoms with Crippen molar-refractivity contribution in [3.8, 4) is 0 Å². The van der Waals surface area contributed by atoms with Crippen LogP contribution in [0.1, 0.15) is 17.7 Å². The first-order chi connectivity index (χ1) is 8.70. The third-order valence-corrected chi connectivity index (χ3v) is 3.70. The number of nitrogens with zero attached hydrogens (tertiary/aromatic N) is 3. The van der Waals surface area contributed by atoms with Crippen LogP contribution in [-0.2, 0) is 13.1 Å². The van der Waals surface area contributed by atoms with Crippen molar-refractivity contribution in [3.63, 3.8) is 0 Å². The summed E-state index contributed by atoms with van der Waals surface area (Å²) in [5, 5.41) is 3.21. The van der Waals surface area contributed by atoms with E-state index in [4.69, 9.17) is 0 Å². The highest BCUT2D eigenvalue weighted by Gasteiger charge is 2.24. The Morgan fingerprint density at radius 3 is 3.00 bits per heavy atom. The first-order valence-corrected chi connectivity index (χ1v) is 6.67. The molecule has 0 radical (unpaired) electrons. The molecule has 0 spiro atoms. The van der Waals surface area contributed by atoms with E-state index < -0.39 is 0 Å². The molecule has 0 aliphatic carbocycles. The van der Waals surface area contributed by atoms with E-state index in [-0.39, 0.29) is 0 Å². The van der Waals surface area contributed by atoms with E-state index in [1.165, 1.54) is 24.2 Å². The lowest BCUT2D eigenvalue weighted by Crippen LogP contribution is -2.31. The van der Waals surface area contributed by atoms with E-state index in [1.807, 2.05) is 19.3 Å². The van der Waals surface area contributed by atoms with E-state index in [9.17, 15) is 0 Å². The third kappa shape index (κ3) is 3.28. The molecule has 1 atom stereocenters. The normalized spacial score (nSPS) is 20.8. The van der Waals surface area contributed by atoms with Gasteiger partial charge in [0.15, 0.2) is 0 Å². The van der Waals surface area contributed by atoms with Crippen LogP contribution in [0, 0.1) is 0 Å². The number of aromatic nitrogens is 1. The Kier molecular flexibility index (Phi) is 4.69. The SMILES string of the molecule is CNCc1cccnc1CN1CCC(N(C)C)C1. The van der Waals surface area contributed by atoms with Crippen molar-refractivity contribution in [2.75, 3.05) is 34.2 Å². The summed E-state index contributed by atoms with van der Waals surface area (Å²) in [7, 11) is 6.32. The molecule has 0 bridgehead atoms. The molecule has 1 aliphatic rings. The van der Waals surface area contributed by atoms with Crippen LogP contribution in [0.15, 0.2) is 18.3 Å². The van der Waals surface area contributed by atoms with Crippen LogP contribution in [0.5, 0.6) is 0 Å². The number of likely N-dealkylation sites (tertiary alicyclic amines) is 1. The Labute approximate surface area is 110 Å². The zero-order valence-electron chi connectivity index (χ0n) is 11.7. The standard InChI is InChI=1S/C14H24N4/c1-15-9-12-5-4-7-16-14(12)11-18-8-6-13(10-18)17(2)3/h4-5,7,13,15H,6,8-11H2,1-3H3. The molecule has 18 heavy (non-hydrogen) atoms. The molecule has 1 saturated heterocycles. The van der Waals surface area contributed by atoms with Gasteiger partial charge in [-0.05, 0) is 39.2 Å². The Hall–Kier alpha value is -0.970. The third-order valence-electron chi connectivity index (χ3n) is 3.70. The van der Waals surface area contributed by atoms with Gasteiger partial charge >= 0.3 is 0 Å². The van der Waals surface area contributed by atoms with Gasteiger partial charge in [0, 0.05) is 38.4 Å². The van der Waals surface area contributed by atoms with Crippen LogP contribution in [0.2, 0.25) is 0 Å². The fourth-order valence-electron chi connectivity index (χ4n) is 2.55. The minimum atomic E-state index is 0.696. The summed E-state index contributed by atoms with van der Waals surface area (Å²) in [5.41, 5.74) is 2.53. The Morgan fingerprint density at radius 1 is 1.50 bits per heavy atom. The van der Waals surface area contributed by atoms with Crippen molar-refractivity contribution in [2.24, 2.45) is 0 Å². The molecule has 0 saturated carbocycles. The summed E-state index contributed by atoms with van der Waals surface area (Å²) >= 11 is 0. The van der Waals surface area contributed by atoms with Gasteiger partial charge in [0.1, 0.15) is 0 Å². The van der Waals surface area contributed by atoms with Crippen molar-refractivity contribution in [1.29, 1.82) is 0 Å². The maximum absolute atomic E-state index is 4.54. The maximum Gasteiger partial charge on any atom is 0.0588 e. The molecule has 1 aromatic rings. The molecular formula is C14H24N4. The topological polar surface area (TPSA) is 31.4 Å². The quantitative estimate of drug-likeness (QED) is 0.840. The predicted octanol–water partition coefficient (Wildman–Crippen LogP) is 0.937. The summed E-state index contributed by atoms with van der Waals surface area (Å²) in [5.74, 6) is 0. The number of pyridine rings is 1.